The van der Waals surface area contributed by atoms with Crippen molar-refractivity contribution in [1.82, 2.24) is 4.40 Å². The van der Waals surface area contributed by atoms with E-state index < -0.39 is 5.41 Å². The van der Waals surface area contributed by atoms with Crippen LogP contribution in [0, 0.1) is 0 Å². The zero-order valence-electron chi connectivity index (χ0n) is 24.0. The van der Waals surface area contributed by atoms with E-state index in [1.807, 2.05) is 78.9 Å². The summed E-state index contributed by atoms with van der Waals surface area (Å²) in [5.41, 5.74) is 7.34. The molecule has 2 aromatic heterocycles. The third-order valence-corrected chi connectivity index (χ3v) is 9.54. The van der Waals surface area contributed by atoms with Crippen molar-refractivity contribution >= 4 is 55.2 Å². The molecule has 1 aliphatic heterocycles. The average Bonchev–Trinajstić information content (AvgIpc) is 3.08. The van der Waals surface area contributed by atoms with Gasteiger partial charge in [0.05, 0.1) is 33.3 Å². The Hall–Kier alpha value is -5.74. The van der Waals surface area contributed by atoms with Crippen molar-refractivity contribution in [2.24, 2.45) is 0 Å². The van der Waals surface area contributed by atoms with Gasteiger partial charge in [-0.25, -0.2) is 0 Å². The summed E-state index contributed by atoms with van der Waals surface area (Å²) in [5.74, 6) is 0. The molecule has 4 nitrogen and oxygen atoms in total. The van der Waals surface area contributed by atoms with E-state index in [4.69, 9.17) is 0 Å². The number of fused-ring (bicyclic) bond motifs is 7. The fraction of sp³-hybridized carbons (Fsp3) is 0.0500. The third kappa shape index (κ3) is 3.07. The van der Waals surface area contributed by atoms with Crippen molar-refractivity contribution in [3.8, 4) is 0 Å². The number of aromatic nitrogens is 1. The Morgan fingerprint density at radius 2 is 1.11 bits per heavy atom. The van der Waals surface area contributed by atoms with Crippen LogP contribution in [-0.4, -0.2) is 4.40 Å². The summed E-state index contributed by atoms with van der Waals surface area (Å²) < 4.78 is 2.14. The number of anilines is 3. The third-order valence-electron chi connectivity index (χ3n) is 9.54. The molecule has 8 aromatic rings. The largest absolute Gasteiger partial charge is 0.310 e. The van der Waals surface area contributed by atoms with Gasteiger partial charge in [-0.1, -0.05) is 91.0 Å². The van der Waals surface area contributed by atoms with Gasteiger partial charge in [0.2, 0.25) is 0 Å². The molecule has 1 unspecified atom stereocenters. The summed E-state index contributed by atoms with van der Waals surface area (Å²) in [4.78, 5) is 31.6. The quantitative estimate of drug-likeness (QED) is 0.155. The molecule has 6 aromatic carbocycles. The molecule has 208 valence electrons. The van der Waals surface area contributed by atoms with Crippen molar-refractivity contribution in [2.75, 3.05) is 4.90 Å². The van der Waals surface area contributed by atoms with Crippen molar-refractivity contribution in [3.05, 3.63) is 177 Å². The zero-order chi connectivity index (χ0) is 29.6. The minimum absolute atomic E-state index is 0.0633. The highest BCUT2D eigenvalue weighted by Crippen LogP contribution is 2.56. The van der Waals surface area contributed by atoms with Crippen molar-refractivity contribution in [3.63, 3.8) is 0 Å². The molecule has 0 saturated heterocycles. The van der Waals surface area contributed by atoms with Gasteiger partial charge in [0, 0.05) is 32.8 Å². The molecule has 44 heavy (non-hydrogen) atoms. The van der Waals surface area contributed by atoms with Gasteiger partial charge in [-0.2, -0.15) is 0 Å². The second-order valence-electron chi connectivity index (χ2n) is 11.7. The van der Waals surface area contributed by atoms with E-state index in [9.17, 15) is 9.59 Å². The van der Waals surface area contributed by atoms with Crippen LogP contribution in [0.1, 0.15) is 23.6 Å². The molecule has 0 bridgehead atoms. The van der Waals surface area contributed by atoms with E-state index in [-0.39, 0.29) is 10.9 Å². The highest BCUT2D eigenvalue weighted by Gasteiger charge is 2.44. The smallest absolute Gasteiger partial charge is 0.197 e. The Bertz CT molecular complexity index is 2540. The van der Waals surface area contributed by atoms with Crippen LogP contribution >= 0.6 is 0 Å². The molecular formula is C40H26N2O2. The number of hydrogen-bond donors (Lipinski definition) is 0. The summed E-state index contributed by atoms with van der Waals surface area (Å²) in [6, 6.07) is 46.6. The Morgan fingerprint density at radius 1 is 0.545 bits per heavy atom. The lowest BCUT2D eigenvalue weighted by molar-refractivity contribution is 0.688. The van der Waals surface area contributed by atoms with E-state index in [0.29, 0.717) is 27.1 Å². The number of pyridine rings is 2. The average molecular weight is 567 g/mol. The lowest BCUT2D eigenvalue weighted by Gasteiger charge is -2.45. The second-order valence-corrected chi connectivity index (χ2v) is 11.7. The van der Waals surface area contributed by atoms with Gasteiger partial charge in [-0.05, 0) is 66.6 Å². The molecule has 0 N–H and O–H groups in total. The van der Waals surface area contributed by atoms with Gasteiger partial charge in [0.15, 0.2) is 10.9 Å². The van der Waals surface area contributed by atoms with Crippen LogP contribution in [0.4, 0.5) is 17.1 Å². The number of rotatable bonds is 2. The molecule has 0 spiro atoms. The van der Waals surface area contributed by atoms with Gasteiger partial charge in [-0.3, -0.25) is 9.59 Å². The first-order chi connectivity index (χ1) is 21.6. The lowest BCUT2D eigenvalue weighted by atomic mass is 9.66. The molecule has 1 atom stereocenters. The summed E-state index contributed by atoms with van der Waals surface area (Å²) in [6.45, 7) is 2.22. The van der Waals surface area contributed by atoms with Crippen LogP contribution in [0.3, 0.4) is 0 Å². The van der Waals surface area contributed by atoms with Crippen LogP contribution in [0.5, 0.6) is 0 Å². The maximum atomic E-state index is 15.0. The van der Waals surface area contributed by atoms with Crippen LogP contribution in [0.25, 0.3) is 38.1 Å². The highest BCUT2D eigenvalue weighted by atomic mass is 16.1. The lowest BCUT2D eigenvalue weighted by Crippen LogP contribution is -2.36. The minimum Gasteiger partial charge on any atom is -0.310 e. The Kier molecular flexibility index (Phi) is 5.01. The van der Waals surface area contributed by atoms with Gasteiger partial charge >= 0.3 is 0 Å². The number of hydrogen-bond acceptors (Lipinski definition) is 3. The molecule has 0 saturated carbocycles. The van der Waals surface area contributed by atoms with Gasteiger partial charge < -0.3 is 9.30 Å². The number of benzene rings is 6. The normalized spacial score (nSPS) is 16.1. The maximum Gasteiger partial charge on any atom is 0.197 e. The molecule has 0 fully saturated rings. The fourth-order valence-corrected chi connectivity index (χ4v) is 7.62. The first-order valence-electron chi connectivity index (χ1n) is 14.9. The first-order valence-corrected chi connectivity index (χ1v) is 14.9. The fourth-order valence-electron chi connectivity index (χ4n) is 7.62. The van der Waals surface area contributed by atoms with Gasteiger partial charge in [0.25, 0.3) is 0 Å². The van der Waals surface area contributed by atoms with E-state index in [2.05, 4.69) is 76.9 Å². The Labute approximate surface area is 253 Å². The Morgan fingerprint density at radius 3 is 1.82 bits per heavy atom. The first kappa shape index (κ1) is 24.8. The van der Waals surface area contributed by atoms with Crippen LogP contribution in [0.15, 0.2) is 149 Å². The molecule has 4 heteroatoms. The van der Waals surface area contributed by atoms with Crippen LogP contribution < -0.4 is 15.8 Å². The maximum absolute atomic E-state index is 15.0. The number of para-hydroxylation sites is 4. The van der Waals surface area contributed by atoms with E-state index >= 15 is 0 Å². The second kappa shape index (κ2) is 8.88. The van der Waals surface area contributed by atoms with Crippen LogP contribution in [0.2, 0.25) is 0 Å². The topological polar surface area (TPSA) is 41.8 Å². The zero-order valence-corrected chi connectivity index (χ0v) is 24.0. The molecular weight excluding hydrogens is 540 g/mol. The SMILES string of the molecule is CC1(c2ccccc2)c2ccccc2N(c2ccccc2)c2cc3c(=O)c4ccccc4n4c5ccccc5c(=O)c(c21)c34. The predicted octanol–water partition coefficient (Wildman–Crippen LogP) is 8.69. The van der Waals surface area contributed by atoms with Crippen LogP contribution in [-0.2, 0) is 5.41 Å². The molecule has 1 aliphatic rings. The summed E-state index contributed by atoms with van der Waals surface area (Å²) in [5, 5.41) is 2.38. The highest BCUT2D eigenvalue weighted by molar-refractivity contribution is 6.13. The van der Waals surface area contributed by atoms with E-state index in [1.165, 1.54) is 0 Å². The molecule has 9 rings (SSSR count). The monoisotopic (exact) mass is 566 g/mol. The summed E-state index contributed by atoms with van der Waals surface area (Å²) in [6.07, 6.45) is 0. The summed E-state index contributed by atoms with van der Waals surface area (Å²) in [7, 11) is 0. The standard InChI is InChI=1S/C40H26N2O2/c1-40(25-14-4-2-5-15-25)30-20-10-13-23-33(30)41(26-16-6-3-7-17-26)34-24-29-37-35(36(34)40)39(44)28-19-9-12-22-32(28)42(37)31-21-11-8-18-27(31)38(29)43/h2-24H,1H3. The minimum atomic E-state index is -0.698. The molecule has 0 radical (unpaired) electrons. The van der Waals surface area contributed by atoms with Crippen molar-refractivity contribution in [2.45, 2.75) is 12.3 Å². The molecule has 0 aliphatic carbocycles. The van der Waals surface area contributed by atoms with Crippen molar-refractivity contribution < 1.29 is 0 Å². The summed E-state index contributed by atoms with van der Waals surface area (Å²) >= 11 is 0. The predicted molar refractivity (Wildman–Crippen MR) is 180 cm³/mol. The molecule has 0 amide bonds. The number of nitrogens with zero attached hydrogens (tertiary/aromatic N) is 2. The Balaban J connectivity index is 1.62. The van der Waals surface area contributed by atoms with Gasteiger partial charge in [0.1, 0.15) is 0 Å². The van der Waals surface area contributed by atoms with Crippen molar-refractivity contribution in [1.29, 1.82) is 0 Å². The van der Waals surface area contributed by atoms with E-state index in [0.717, 1.165) is 44.8 Å². The van der Waals surface area contributed by atoms with Gasteiger partial charge in [-0.15, -0.1) is 0 Å². The van der Waals surface area contributed by atoms with E-state index in [1.54, 1.807) is 0 Å². The molecule has 3 heterocycles.